The van der Waals surface area contributed by atoms with Crippen LogP contribution in [0.1, 0.15) is 11.1 Å². The summed E-state index contributed by atoms with van der Waals surface area (Å²) in [6.45, 7) is 2.36. The minimum Gasteiger partial charge on any atom is -0.497 e. The Hall–Kier alpha value is -2.47. The Kier molecular flexibility index (Phi) is 5.28. The Bertz CT molecular complexity index is 747. The van der Waals surface area contributed by atoms with Crippen LogP contribution < -0.4 is 4.74 Å². The van der Waals surface area contributed by atoms with Gasteiger partial charge >= 0.3 is 0 Å². The highest BCUT2D eigenvalue weighted by atomic mass is 19.1. The summed E-state index contributed by atoms with van der Waals surface area (Å²) in [5, 5.41) is 0. The van der Waals surface area contributed by atoms with Crippen molar-refractivity contribution in [1.29, 1.82) is 0 Å². The summed E-state index contributed by atoms with van der Waals surface area (Å²) >= 11 is 0. The lowest BCUT2D eigenvalue weighted by atomic mass is 10.1. The molecule has 0 bridgehead atoms. The average Bonchev–Trinajstić information content (AvgIpc) is 2.56. The van der Waals surface area contributed by atoms with Gasteiger partial charge in [-0.2, -0.15) is 0 Å². The Morgan fingerprint density at radius 1 is 1.00 bits per heavy atom. The van der Waals surface area contributed by atoms with Gasteiger partial charge in [0.25, 0.3) is 0 Å². The van der Waals surface area contributed by atoms with Crippen LogP contribution in [0.2, 0.25) is 0 Å². The first-order valence-electron chi connectivity index (χ1n) is 8.11. The van der Waals surface area contributed by atoms with Gasteiger partial charge < -0.3 is 9.64 Å². The maximum Gasteiger partial charge on any atom is 0.237 e. The van der Waals surface area contributed by atoms with Crippen molar-refractivity contribution in [2.45, 2.75) is 13.1 Å². The molecule has 3 rings (SSSR count). The Morgan fingerprint density at radius 2 is 1.76 bits per heavy atom. The molecule has 0 unspecified atom stereocenters. The van der Waals surface area contributed by atoms with E-state index in [4.69, 9.17) is 4.74 Å². The van der Waals surface area contributed by atoms with Gasteiger partial charge in [0.15, 0.2) is 0 Å². The number of hydrogen-bond acceptors (Lipinski definition) is 3. The normalized spacial score (nSPS) is 15.5. The van der Waals surface area contributed by atoms with Gasteiger partial charge in [0.1, 0.15) is 17.4 Å². The quantitative estimate of drug-likeness (QED) is 0.835. The number of carbonyl (C=O) groups excluding carboxylic acids is 1. The predicted octanol–water partition coefficient (Wildman–Crippen LogP) is 2.82. The lowest BCUT2D eigenvalue weighted by Crippen LogP contribution is -2.49. The van der Waals surface area contributed by atoms with Crippen LogP contribution in [-0.2, 0) is 17.9 Å². The summed E-state index contributed by atoms with van der Waals surface area (Å²) in [4.78, 5) is 16.1. The smallest absolute Gasteiger partial charge is 0.237 e. The molecule has 6 heteroatoms. The molecule has 1 heterocycles. The zero-order valence-electron chi connectivity index (χ0n) is 14.0. The van der Waals surface area contributed by atoms with Crippen LogP contribution in [0.5, 0.6) is 5.75 Å². The molecule has 1 aliphatic rings. The highest BCUT2D eigenvalue weighted by Crippen LogP contribution is 2.17. The molecule has 0 saturated carbocycles. The summed E-state index contributed by atoms with van der Waals surface area (Å²) in [6.07, 6.45) is 0. The second kappa shape index (κ2) is 7.61. The van der Waals surface area contributed by atoms with Crippen LogP contribution in [0.25, 0.3) is 0 Å². The van der Waals surface area contributed by atoms with Gasteiger partial charge in [0.2, 0.25) is 5.91 Å². The van der Waals surface area contributed by atoms with Crippen LogP contribution >= 0.6 is 0 Å². The third-order valence-electron chi connectivity index (χ3n) is 4.23. The van der Waals surface area contributed by atoms with Crippen molar-refractivity contribution in [2.75, 3.05) is 26.7 Å². The fraction of sp³-hybridized carbons (Fsp3) is 0.316. The third-order valence-corrected chi connectivity index (χ3v) is 4.23. The summed E-state index contributed by atoms with van der Waals surface area (Å²) in [5.41, 5.74) is 1.54. The largest absolute Gasteiger partial charge is 0.497 e. The molecule has 132 valence electrons. The third kappa shape index (κ3) is 4.54. The van der Waals surface area contributed by atoms with E-state index in [0.717, 1.165) is 17.4 Å². The number of carbonyl (C=O) groups is 1. The number of methoxy groups -OCH3 is 1. The molecule has 1 saturated heterocycles. The molecule has 0 radical (unpaired) electrons. The number of halogens is 2. The molecule has 1 fully saturated rings. The molecule has 25 heavy (non-hydrogen) atoms. The number of piperazine rings is 1. The van der Waals surface area contributed by atoms with Crippen molar-refractivity contribution in [3.63, 3.8) is 0 Å². The number of nitrogens with zero attached hydrogens (tertiary/aromatic N) is 2. The number of rotatable bonds is 5. The van der Waals surface area contributed by atoms with Crippen LogP contribution in [0.15, 0.2) is 42.5 Å². The van der Waals surface area contributed by atoms with E-state index in [0.29, 0.717) is 31.7 Å². The van der Waals surface area contributed by atoms with Gasteiger partial charge in [-0.3, -0.25) is 9.69 Å². The van der Waals surface area contributed by atoms with Gasteiger partial charge in [0, 0.05) is 32.2 Å². The van der Waals surface area contributed by atoms with E-state index in [9.17, 15) is 13.6 Å². The molecular weight excluding hydrogens is 326 g/mol. The fourth-order valence-electron chi connectivity index (χ4n) is 3.01. The van der Waals surface area contributed by atoms with Crippen molar-refractivity contribution >= 4 is 5.91 Å². The van der Waals surface area contributed by atoms with Crippen molar-refractivity contribution in [2.24, 2.45) is 0 Å². The first-order chi connectivity index (χ1) is 12.0. The van der Waals surface area contributed by atoms with Crippen molar-refractivity contribution < 1.29 is 18.3 Å². The van der Waals surface area contributed by atoms with Gasteiger partial charge in [-0.25, -0.2) is 8.78 Å². The summed E-state index contributed by atoms with van der Waals surface area (Å²) in [6, 6.07) is 11.1. The number of ether oxygens (including phenoxy) is 1. The van der Waals surface area contributed by atoms with E-state index < -0.39 is 11.6 Å². The SMILES string of the molecule is COc1cccc(CN2CCN(Cc3cc(F)cc(F)c3)CC2=O)c1. The Balaban J connectivity index is 1.59. The van der Waals surface area contributed by atoms with Crippen LogP contribution in [0, 0.1) is 11.6 Å². The molecule has 2 aromatic carbocycles. The second-order valence-electron chi connectivity index (χ2n) is 6.16. The molecule has 1 aliphatic heterocycles. The fourth-order valence-corrected chi connectivity index (χ4v) is 3.01. The molecule has 2 aromatic rings. The Labute approximate surface area is 145 Å². The number of hydrogen-bond donors (Lipinski definition) is 0. The highest BCUT2D eigenvalue weighted by molar-refractivity contribution is 5.79. The van der Waals surface area contributed by atoms with Crippen LogP contribution in [0.3, 0.4) is 0 Å². The molecule has 4 nitrogen and oxygen atoms in total. The van der Waals surface area contributed by atoms with Gasteiger partial charge in [-0.1, -0.05) is 12.1 Å². The summed E-state index contributed by atoms with van der Waals surface area (Å²) < 4.78 is 31.8. The number of benzene rings is 2. The maximum absolute atomic E-state index is 13.3. The molecule has 0 aliphatic carbocycles. The van der Waals surface area contributed by atoms with E-state index in [-0.39, 0.29) is 12.5 Å². The van der Waals surface area contributed by atoms with E-state index in [2.05, 4.69) is 0 Å². The molecule has 0 aromatic heterocycles. The van der Waals surface area contributed by atoms with Crippen LogP contribution in [-0.4, -0.2) is 42.5 Å². The molecular formula is C19H20F2N2O2. The van der Waals surface area contributed by atoms with E-state index >= 15 is 0 Å². The summed E-state index contributed by atoms with van der Waals surface area (Å²) in [7, 11) is 1.61. The molecule has 1 amide bonds. The first-order valence-corrected chi connectivity index (χ1v) is 8.11. The first kappa shape index (κ1) is 17.4. The lowest BCUT2D eigenvalue weighted by molar-refractivity contribution is -0.136. The van der Waals surface area contributed by atoms with Crippen molar-refractivity contribution in [1.82, 2.24) is 9.80 Å². The van der Waals surface area contributed by atoms with Crippen LogP contribution in [0.4, 0.5) is 8.78 Å². The van der Waals surface area contributed by atoms with Crippen molar-refractivity contribution in [3.05, 3.63) is 65.2 Å². The minimum absolute atomic E-state index is 0.00550. The number of amides is 1. The molecule has 0 spiro atoms. The van der Waals surface area contributed by atoms with Gasteiger partial charge in [-0.05, 0) is 35.4 Å². The molecule has 0 N–H and O–H groups in total. The maximum atomic E-state index is 13.3. The van der Waals surface area contributed by atoms with Gasteiger partial charge in [0.05, 0.1) is 13.7 Å². The zero-order chi connectivity index (χ0) is 17.8. The second-order valence-corrected chi connectivity index (χ2v) is 6.16. The standard InChI is InChI=1S/C19H20F2N2O2/c1-25-18-4-2-3-14(9-18)12-23-6-5-22(13-19(23)24)11-15-7-16(20)10-17(21)8-15/h2-4,7-10H,5-6,11-13H2,1H3. The average molecular weight is 346 g/mol. The molecule has 0 atom stereocenters. The lowest BCUT2D eigenvalue weighted by Gasteiger charge is -2.34. The van der Waals surface area contributed by atoms with E-state index in [1.807, 2.05) is 29.2 Å². The van der Waals surface area contributed by atoms with Gasteiger partial charge in [-0.15, -0.1) is 0 Å². The predicted molar refractivity (Wildman–Crippen MR) is 90.0 cm³/mol. The summed E-state index contributed by atoms with van der Waals surface area (Å²) in [5.74, 6) is -0.432. The topological polar surface area (TPSA) is 32.8 Å². The minimum atomic E-state index is -0.599. The monoisotopic (exact) mass is 346 g/mol. The Morgan fingerprint density at radius 3 is 2.44 bits per heavy atom. The van der Waals surface area contributed by atoms with Crippen molar-refractivity contribution in [3.8, 4) is 5.75 Å². The highest BCUT2D eigenvalue weighted by Gasteiger charge is 2.24. The van der Waals surface area contributed by atoms with E-state index in [1.165, 1.54) is 12.1 Å². The van der Waals surface area contributed by atoms with E-state index in [1.54, 1.807) is 12.0 Å². The zero-order valence-corrected chi connectivity index (χ0v) is 14.0.